The van der Waals surface area contributed by atoms with Crippen LogP contribution in [-0.4, -0.2) is 22.0 Å². The predicted octanol–water partition coefficient (Wildman–Crippen LogP) is 2.48. The van der Waals surface area contributed by atoms with Crippen molar-refractivity contribution in [2.24, 2.45) is 0 Å². The molecule has 0 bridgehead atoms. The van der Waals surface area contributed by atoms with E-state index in [1.807, 2.05) is 6.92 Å². The molecule has 0 saturated carbocycles. The Morgan fingerprint density at radius 2 is 2.24 bits per heavy atom. The fraction of sp³-hybridized carbons (Fsp3) is 0.133. The normalized spacial score (nSPS) is 10.7. The molecule has 0 saturated heterocycles. The van der Waals surface area contributed by atoms with E-state index in [1.54, 1.807) is 30.5 Å². The third kappa shape index (κ3) is 4.54. The molecule has 0 aliphatic heterocycles. The monoisotopic (exact) mass is 302 g/mol. The molecule has 5 nitrogen and oxygen atoms in total. The standard InChI is InChI=1S/C15H14N2O3S/c1-10-16-9-13(21-10)5-6-14(18)17-8-11-3-2-4-12(7-11)15(19)20/h2-7,9H,8H2,1H3,(H,17,18)(H,19,20). The molecule has 0 radical (unpaired) electrons. The van der Waals surface area contributed by atoms with Crippen molar-refractivity contribution in [3.63, 3.8) is 0 Å². The Kier molecular flexibility index (Phi) is 4.84. The van der Waals surface area contributed by atoms with Crippen LogP contribution in [0.2, 0.25) is 0 Å². The highest BCUT2D eigenvalue weighted by Crippen LogP contribution is 2.12. The van der Waals surface area contributed by atoms with E-state index in [2.05, 4.69) is 10.3 Å². The Morgan fingerprint density at radius 1 is 1.43 bits per heavy atom. The second-order valence-electron chi connectivity index (χ2n) is 4.34. The third-order valence-corrected chi connectivity index (χ3v) is 3.56. The lowest BCUT2D eigenvalue weighted by Gasteiger charge is -2.03. The number of benzene rings is 1. The van der Waals surface area contributed by atoms with Gasteiger partial charge in [-0.3, -0.25) is 4.79 Å². The molecule has 0 aliphatic rings. The second kappa shape index (κ2) is 6.81. The zero-order chi connectivity index (χ0) is 15.2. The Labute approximate surface area is 126 Å². The Hall–Kier alpha value is -2.47. The number of thiazole rings is 1. The molecule has 2 rings (SSSR count). The molecule has 2 N–H and O–H groups in total. The summed E-state index contributed by atoms with van der Waals surface area (Å²) < 4.78 is 0. The Balaban J connectivity index is 1.90. The molecule has 6 heteroatoms. The number of hydrogen-bond donors (Lipinski definition) is 2. The fourth-order valence-electron chi connectivity index (χ4n) is 1.68. The summed E-state index contributed by atoms with van der Waals surface area (Å²) in [6.45, 7) is 2.18. The van der Waals surface area contributed by atoms with E-state index in [0.717, 1.165) is 15.4 Å². The van der Waals surface area contributed by atoms with Gasteiger partial charge in [0.15, 0.2) is 0 Å². The number of carbonyl (C=O) groups excluding carboxylic acids is 1. The van der Waals surface area contributed by atoms with E-state index in [4.69, 9.17) is 5.11 Å². The zero-order valence-electron chi connectivity index (χ0n) is 11.4. The minimum absolute atomic E-state index is 0.206. The van der Waals surface area contributed by atoms with Crippen molar-refractivity contribution in [3.05, 3.63) is 57.6 Å². The molecule has 1 heterocycles. The highest BCUT2D eigenvalue weighted by atomic mass is 32.1. The number of nitrogens with zero attached hydrogens (tertiary/aromatic N) is 1. The number of carbonyl (C=O) groups is 2. The molecule has 0 spiro atoms. The summed E-state index contributed by atoms with van der Waals surface area (Å²) in [5, 5.41) is 12.5. The molecule has 2 aromatic rings. The number of amides is 1. The molecule has 1 aromatic carbocycles. The largest absolute Gasteiger partial charge is 0.478 e. The maximum Gasteiger partial charge on any atom is 0.335 e. The van der Waals surface area contributed by atoms with Gasteiger partial charge in [0.1, 0.15) is 0 Å². The van der Waals surface area contributed by atoms with Gasteiger partial charge in [-0.15, -0.1) is 11.3 Å². The summed E-state index contributed by atoms with van der Waals surface area (Å²) in [6, 6.07) is 6.47. The molecule has 0 aliphatic carbocycles. The number of aromatic carboxylic acids is 1. The van der Waals surface area contributed by atoms with Crippen molar-refractivity contribution in [1.82, 2.24) is 10.3 Å². The van der Waals surface area contributed by atoms with Crippen molar-refractivity contribution in [2.75, 3.05) is 0 Å². The molecule has 0 unspecified atom stereocenters. The number of carboxylic acid groups (broad SMARTS) is 1. The van der Waals surface area contributed by atoms with Crippen LogP contribution in [-0.2, 0) is 11.3 Å². The van der Waals surface area contributed by atoms with Gasteiger partial charge in [-0.25, -0.2) is 9.78 Å². The molecular weight excluding hydrogens is 288 g/mol. The quantitative estimate of drug-likeness (QED) is 0.832. The average molecular weight is 302 g/mol. The minimum Gasteiger partial charge on any atom is -0.478 e. The lowest BCUT2D eigenvalue weighted by molar-refractivity contribution is -0.116. The van der Waals surface area contributed by atoms with Gasteiger partial charge in [0.05, 0.1) is 10.6 Å². The lowest BCUT2D eigenvalue weighted by Crippen LogP contribution is -2.20. The van der Waals surface area contributed by atoms with E-state index in [0.29, 0.717) is 0 Å². The van der Waals surface area contributed by atoms with Crippen LogP contribution in [0.5, 0.6) is 0 Å². The first kappa shape index (κ1) is 14.9. The van der Waals surface area contributed by atoms with Crippen LogP contribution < -0.4 is 5.32 Å². The third-order valence-electron chi connectivity index (χ3n) is 2.68. The van der Waals surface area contributed by atoms with Crippen LogP contribution >= 0.6 is 11.3 Å². The molecular formula is C15H14N2O3S. The first-order chi connectivity index (χ1) is 10.0. The fourth-order valence-corrected chi connectivity index (χ4v) is 2.36. The SMILES string of the molecule is Cc1ncc(C=CC(=O)NCc2cccc(C(=O)O)c2)s1. The lowest BCUT2D eigenvalue weighted by atomic mass is 10.1. The smallest absolute Gasteiger partial charge is 0.335 e. The van der Waals surface area contributed by atoms with Crippen molar-refractivity contribution in [1.29, 1.82) is 0 Å². The van der Waals surface area contributed by atoms with E-state index >= 15 is 0 Å². The minimum atomic E-state index is -0.983. The van der Waals surface area contributed by atoms with Gasteiger partial charge in [-0.05, 0) is 30.7 Å². The van der Waals surface area contributed by atoms with Gasteiger partial charge < -0.3 is 10.4 Å². The van der Waals surface area contributed by atoms with Crippen LogP contribution in [0, 0.1) is 6.92 Å². The van der Waals surface area contributed by atoms with Gasteiger partial charge in [0.25, 0.3) is 0 Å². The van der Waals surface area contributed by atoms with Crippen molar-refractivity contribution >= 4 is 29.3 Å². The van der Waals surface area contributed by atoms with Gasteiger partial charge >= 0.3 is 5.97 Å². The molecule has 0 atom stereocenters. The second-order valence-corrected chi connectivity index (χ2v) is 5.60. The van der Waals surface area contributed by atoms with E-state index in [1.165, 1.54) is 23.5 Å². The average Bonchev–Trinajstić information content (AvgIpc) is 2.89. The zero-order valence-corrected chi connectivity index (χ0v) is 12.2. The molecule has 1 aromatic heterocycles. The number of carboxylic acids is 1. The van der Waals surface area contributed by atoms with Crippen LogP contribution in [0.25, 0.3) is 6.08 Å². The Bertz CT molecular complexity index is 692. The van der Waals surface area contributed by atoms with Crippen molar-refractivity contribution < 1.29 is 14.7 Å². The summed E-state index contributed by atoms with van der Waals surface area (Å²) >= 11 is 1.51. The van der Waals surface area contributed by atoms with Gasteiger partial charge in [0, 0.05) is 23.7 Å². The number of aromatic nitrogens is 1. The summed E-state index contributed by atoms with van der Waals surface area (Å²) in [5.41, 5.74) is 0.947. The van der Waals surface area contributed by atoms with Crippen LogP contribution in [0.1, 0.15) is 25.8 Å². The summed E-state index contributed by atoms with van der Waals surface area (Å²) in [6.07, 6.45) is 4.85. The number of nitrogens with one attached hydrogen (secondary N) is 1. The van der Waals surface area contributed by atoms with E-state index in [9.17, 15) is 9.59 Å². The predicted molar refractivity (Wildman–Crippen MR) is 81.1 cm³/mol. The number of aryl methyl sites for hydroxylation is 1. The first-order valence-corrected chi connectivity index (χ1v) is 7.07. The van der Waals surface area contributed by atoms with Crippen LogP contribution in [0.15, 0.2) is 36.5 Å². The van der Waals surface area contributed by atoms with Crippen molar-refractivity contribution in [2.45, 2.75) is 13.5 Å². The highest BCUT2D eigenvalue weighted by Gasteiger charge is 2.04. The molecule has 0 fully saturated rings. The van der Waals surface area contributed by atoms with Gasteiger partial charge in [-0.2, -0.15) is 0 Å². The molecule has 108 valence electrons. The highest BCUT2D eigenvalue weighted by molar-refractivity contribution is 7.12. The number of rotatable bonds is 5. The van der Waals surface area contributed by atoms with Crippen LogP contribution in [0.3, 0.4) is 0 Å². The first-order valence-electron chi connectivity index (χ1n) is 6.25. The topological polar surface area (TPSA) is 79.3 Å². The van der Waals surface area contributed by atoms with E-state index < -0.39 is 5.97 Å². The Morgan fingerprint density at radius 3 is 2.90 bits per heavy atom. The van der Waals surface area contributed by atoms with Crippen LogP contribution in [0.4, 0.5) is 0 Å². The van der Waals surface area contributed by atoms with Crippen molar-refractivity contribution in [3.8, 4) is 0 Å². The summed E-state index contributed by atoms with van der Waals surface area (Å²) in [7, 11) is 0. The molecule has 21 heavy (non-hydrogen) atoms. The van der Waals surface area contributed by atoms with Gasteiger partial charge in [0.2, 0.25) is 5.91 Å². The maximum atomic E-state index is 11.7. The summed E-state index contributed by atoms with van der Waals surface area (Å²) in [4.78, 5) is 27.5. The summed E-state index contributed by atoms with van der Waals surface area (Å²) in [5.74, 6) is -1.22. The number of hydrogen-bond acceptors (Lipinski definition) is 4. The maximum absolute atomic E-state index is 11.7. The molecule has 1 amide bonds. The van der Waals surface area contributed by atoms with E-state index in [-0.39, 0.29) is 18.0 Å². The van der Waals surface area contributed by atoms with Gasteiger partial charge in [-0.1, -0.05) is 12.1 Å².